The summed E-state index contributed by atoms with van der Waals surface area (Å²) in [5.74, 6) is -0.0996. The number of non-ortho nitro benzene ring substituents is 1. The summed E-state index contributed by atoms with van der Waals surface area (Å²) in [4.78, 5) is 9.98. The Bertz CT molecular complexity index is 396. The Morgan fingerprint density at radius 3 is 2.56 bits per heavy atom. The molecule has 0 aromatic heterocycles. The second-order valence-corrected chi connectivity index (χ2v) is 3.77. The van der Waals surface area contributed by atoms with Gasteiger partial charge in [-0.2, -0.15) is 0 Å². The minimum atomic E-state index is -1.13. The molecule has 1 aromatic carbocycles. The molecule has 1 aromatic rings. The summed E-state index contributed by atoms with van der Waals surface area (Å²) in [5, 5.41) is 29.6. The van der Waals surface area contributed by atoms with Crippen LogP contribution in [0.25, 0.3) is 0 Å². The van der Waals surface area contributed by atoms with Gasteiger partial charge in [0.25, 0.3) is 5.69 Å². The Kier molecular flexibility index (Phi) is 4.23. The zero-order chi connectivity index (χ0) is 12.3. The van der Waals surface area contributed by atoms with E-state index < -0.39 is 17.1 Å². The van der Waals surface area contributed by atoms with Crippen molar-refractivity contribution < 1.29 is 15.1 Å². The number of aliphatic hydroxyl groups is 2. The second kappa shape index (κ2) is 5.25. The van der Waals surface area contributed by atoms with Crippen molar-refractivity contribution in [2.24, 2.45) is 0 Å². The van der Waals surface area contributed by atoms with Crippen molar-refractivity contribution in [3.05, 3.63) is 39.4 Å². The zero-order valence-corrected chi connectivity index (χ0v) is 9.39. The van der Waals surface area contributed by atoms with Gasteiger partial charge < -0.3 is 10.2 Å². The number of nitro groups is 1. The molecule has 2 N–H and O–H groups in total. The maximum Gasteiger partial charge on any atom is 0.269 e. The molecule has 6 heteroatoms. The van der Waals surface area contributed by atoms with Gasteiger partial charge in [-0.25, -0.2) is 0 Å². The average molecular weight is 246 g/mol. The molecule has 0 saturated heterocycles. The Balaban J connectivity index is 3.03. The van der Waals surface area contributed by atoms with Crippen LogP contribution in [0.1, 0.15) is 17.2 Å². The van der Waals surface area contributed by atoms with Gasteiger partial charge in [0.05, 0.1) is 16.9 Å². The number of hydrogen-bond acceptors (Lipinski definition) is 4. The van der Waals surface area contributed by atoms with E-state index in [9.17, 15) is 20.3 Å². The van der Waals surface area contributed by atoms with Gasteiger partial charge in [0.15, 0.2) is 0 Å². The third-order valence-corrected chi connectivity index (χ3v) is 2.62. The average Bonchev–Trinajstić information content (AvgIpc) is 2.26. The van der Waals surface area contributed by atoms with Crippen LogP contribution in [0.3, 0.4) is 0 Å². The number of rotatable bonds is 4. The quantitative estimate of drug-likeness (QED) is 0.479. The van der Waals surface area contributed by atoms with Crippen molar-refractivity contribution in [1.29, 1.82) is 0 Å². The van der Waals surface area contributed by atoms with E-state index in [1.54, 1.807) is 6.92 Å². The van der Waals surface area contributed by atoms with E-state index >= 15 is 0 Å². The molecule has 16 heavy (non-hydrogen) atoms. The first-order valence-corrected chi connectivity index (χ1v) is 5.18. The molecular weight excluding hydrogens is 234 g/mol. The molecule has 88 valence electrons. The van der Waals surface area contributed by atoms with Crippen LogP contribution in [0.4, 0.5) is 5.69 Å². The van der Waals surface area contributed by atoms with E-state index in [4.69, 9.17) is 11.6 Å². The van der Waals surface area contributed by atoms with E-state index in [1.807, 2.05) is 0 Å². The summed E-state index contributed by atoms with van der Waals surface area (Å²) in [5.41, 5.74) is 0.943. The van der Waals surface area contributed by atoms with Gasteiger partial charge in [-0.05, 0) is 24.1 Å². The van der Waals surface area contributed by atoms with E-state index in [0.717, 1.165) is 0 Å². The Morgan fingerprint density at radius 2 is 2.12 bits per heavy atom. The monoisotopic (exact) mass is 245 g/mol. The summed E-state index contributed by atoms with van der Waals surface area (Å²) < 4.78 is 0. The predicted octanol–water partition coefficient (Wildman–Crippen LogP) is 1.54. The smallest absolute Gasteiger partial charge is 0.269 e. The van der Waals surface area contributed by atoms with Gasteiger partial charge in [-0.3, -0.25) is 10.1 Å². The van der Waals surface area contributed by atoms with Crippen molar-refractivity contribution in [1.82, 2.24) is 0 Å². The third-order valence-electron chi connectivity index (χ3n) is 2.31. The summed E-state index contributed by atoms with van der Waals surface area (Å²) in [6.45, 7) is 1.63. The van der Waals surface area contributed by atoms with Crippen molar-refractivity contribution in [3.63, 3.8) is 0 Å². The summed E-state index contributed by atoms with van der Waals surface area (Å²) in [6.07, 6.45) is -2.21. The lowest BCUT2D eigenvalue weighted by molar-refractivity contribution is -0.384. The number of hydrogen-bond donors (Lipinski definition) is 2. The molecule has 0 amide bonds. The van der Waals surface area contributed by atoms with E-state index in [2.05, 4.69) is 0 Å². The fourth-order valence-corrected chi connectivity index (χ4v) is 1.57. The van der Waals surface area contributed by atoms with E-state index in [1.165, 1.54) is 18.2 Å². The molecule has 0 spiro atoms. The minimum Gasteiger partial charge on any atom is -0.389 e. The van der Waals surface area contributed by atoms with Crippen LogP contribution in [0.2, 0.25) is 0 Å². The number of halogens is 1. The molecular formula is C10H12ClNO4. The Morgan fingerprint density at radius 1 is 1.50 bits per heavy atom. The number of nitrogens with zero attached hydrogens (tertiary/aromatic N) is 1. The van der Waals surface area contributed by atoms with Crippen LogP contribution in [-0.4, -0.2) is 27.1 Å². The molecule has 0 aliphatic rings. The molecule has 0 heterocycles. The predicted molar refractivity (Wildman–Crippen MR) is 59.5 cm³/mol. The molecule has 0 aliphatic heterocycles. The first kappa shape index (κ1) is 12.9. The highest BCUT2D eigenvalue weighted by atomic mass is 35.5. The van der Waals surface area contributed by atoms with E-state index in [-0.39, 0.29) is 11.6 Å². The molecule has 0 bridgehead atoms. The van der Waals surface area contributed by atoms with E-state index in [0.29, 0.717) is 11.1 Å². The maximum atomic E-state index is 10.5. The first-order chi connectivity index (χ1) is 7.47. The van der Waals surface area contributed by atoms with Crippen LogP contribution >= 0.6 is 11.6 Å². The second-order valence-electron chi connectivity index (χ2n) is 3.46. The highest BCUT2D eigenvalue weighted by Crippen LogP contribution is 2.25. The highest BCUT2D eigenvalue weighted by molar-refractivity contribution is 6.18. The van der Waals surface area contributed by atoms with Gasteiger partial charge in [0, 0.05) is 12.1 Å². The highest BCUT2D eigenvalue weighted by Gasteiger charge is 2.20. The van der Waals surface area contributed by atoms with Crippen LogP contribution < -0.4 is 0 Å². The van der Waals surface area contributed by atoms with Gasteiger partial charge in [0.1, 0.15) is 6.10 Å². The third kappa shape index (κ3) is 2.69. The maximum absolute atomic E-state index is 10.5. The number of nitro benzene ring substituents is 1. The molecule has 0 aliphatic carbocycles. The fourth-order valence-electron chi connectivity index (χ4n) is 1.40. The van der Waals surface area contributed by atoms with Crippen LogP contribution in [-0.2, 0) is 0 Å². The van der Waals surface area contributed by atoms with Gasteiger partial charge in [0.2, 0.25) is 0 Å². The van der Waals surface area contributed by atoms with Crippen molar-refractivity contribution in [2.75, 3.05) is 5.88 Å². The standard InChI is InChI=1S/C10H12ClNO4/c1-6-4-7(12(15)16)2-3-8(6)10(14)9(13)5-11/h2-4,9-10,13-14H,5H2,1H3. The topological polar surface area (TPSA) is 83.6 Å². The number of aliphatic hydroxyl groups excluding tert-OH is 2. The van der Waals surface area contributed by atoms with Crippen molar-refractivity contribution in [2.45, 2.75) is 19.1 Å². The number of benzene rings is 1. The summed E-state index contributed by atoms with van der Waals surface area (Å²) in [7, 11) is 0. The zero-order valence-electron chi connectivity index (χ0n) is 8.63. The van der Waals surface area contributed by atoms with Gasteiger partial charge >= 0.3 is 0 Å². The molecule has 0 saturated carbocycles. The van der Waals surface area contributed by atoms with Crippen LogP contribution in [0, 0.1) is 17.0 Å². The van der Waals surface area contributed by atoms with Crippen molar-refractivity contribution >= 4 is 17.3 Å². The number of aryl methyl sites for hydroxylation is 1. The SMILES string of the molecule is Cc1cc([N+](=O)[O-])ccc1C(O)C(O)CCl. The Hall–Kier alpha value is -1.17. The minimum absolute atomic E-state index is 0.0474. The van der Waals surface area contributed by atoms with Gasteiger partial charge in [-0.15, -0.1) is 11.6 Å². The first-order valence-electron chi connectivity index (χ1n) is 4.64. The largest absolute Gasteiger partial charge is 0.389 e. The lowest BCUT2D eigenvalue weighted by Crippen LogP contribution is -2.20. The molecule has 1 rings (SSSR count). The lowest BCUT2D eigenvalue weighted by atomic mass is 9.99. The molecule has 0 radical (unpaired) electrons. The summed E-state index contributed by atoms with van der Waals surface area (Å²) in [6, 6.07) is 4.06. The summed E-state index contributed by atoms with van der Waals surface area (Å²) >= 11 is 5.41. The molecule has 0 fully saturated rings. The molecule has 2 atom stereocenters. The van der Waals surface area contributed by atoms with Crippen molar-refractivity contribution in [3.8, 4) is 0 Å². The fraction of sp³-hybridized carbons (Fsp3) is 0.400. The normalized spacial score (nSPS) is 14.5. The lowest BCUT2D eigenvalue weighted by Gasteiger charge is -2.17. The van der Waals surface area contributed by atoms with Crippen LogP contribution in [0.5, 0.6) is 0 Å². The molecule has 5 nitrogen and oxygen atoms in total. The Labute approximate surface area is 97.4 Å². The van der Waals surface area contributed by atoms with Crippen LogP contribution in [0.15, 0.2) is 18.2 Å². The molecule has 2 unspecified atom stereocenters. The number of alkyl halides is 1. The van der Waals surface area contributed by atoms with Gasteiger partial charge in [-0.1, -0.05) is 0 Å².